The molecule has 0 heterocycles. The molecule has 0 amide bonds. The first-order valence-corrected chi connectivity index (χ1v) is 7.35. The fraction of sp³-hybridized carbons (Fsp3) is 0.364. The van der Waals surface area contributed by atoms with Gasteiger partial charge in [-0.1, -0.05) is 0 Å². The van der Waals surface area contributed by atoms with E-state index in [1.807, 2.05) is 4.72 Å². The van der Waals surface area contributed by atoms with Gasteiger partial charge in [-0.05, 0) is 24.6 Å². The number of alkyl halides is 3. The second-order valence-electron chi connectivity index (χ2n) is 4.25. The van der Waals surface area contributed by atoms with Gasteiger partial charge in [0.1, 0.15) is 0 Å². The maximum absolute atomic E-state index is 12.0. The zero-order chi connectivity index (χ0) is 16.3. The average Bonchev–Trinajstić information content (AvgIpc) is 2.25. The Labute approximate surface area is 118 Å². The van der Waals surface area contributed by atoms with E-state index in [1.54, 1.807) is 0 Å². The molecular formula is C11H13F3N2O4S. The van der Waals surface area contributed by atoms with Gasteiger partial charge in [-0.25, -0.2) is 13.2 Å². The second kappa shape index (κ2) is 6.20. The highest BCUT2D eigenvalue weighted by Gasteiger charge is 2.27. The molecule has 0 atom stereocenters. The van der Waals surface area contributed by atoms with Gasteiger partial charge in [0.25, 0.3) is 0 Å². The number of aromatic carboxylic acids is 1. The first-order valence-electron chi connectivity index (χ1n) is 5.70. The zero-order valence-corrected chi connectivity index (χ0v) is 11.5. The second-order valence-corrected chi connectivity index (χ2v) is 6.09. The molecule has 0 spiro atoms. The summed E-state index contributed by atoms with van der Waals surface area (Å²) in [5.41, 5.74) is 4.92. The van der Waals surface area contributed by atoms with Crippen LogP contribution in [-0.2, 0) is 10.0 Å². The number of carboxylic acid groups (broad SMARTS) is 1. The molecule has 0 bridgehead atoms. The summed E-state index contributed by atoms with van der Waals surface area (Å²) in [6.45, 7) is 0. The predicted octanol–water partition coefficient (Wildman–Crippen LogP) is 2.05. The summed E-state index contributed by atoms with van der Waals surface area (Å²) in [6, 6.07) is 3.46. The van der Waals surface area contributed by atoms with Crippen molar-refractivity contribution in [1.82, 2.24) is 0 Å². The number of carboxylic acids is 1. The average molecular weight is 326 g/mol. The van der Waals surface area contributed by atoms with E-state index in [1.165, 1.54) is 6.07 Å². The maximum atomic E-state index is 12.0. The van der Waals surface area contributed by atoms with Gasteiger partial charge in [0.15, 0.2) is 0 Å². The van der Waals surface area contributed by atoms with Crippen LogP contribution in [0.25, 0.3) is 0 Å². The summed E-state index contributed by atoms with van der Waals surface area (Å²) in [7, 11) is -4.10. The SMILES string of the molecule is Nc1ccc(C(=O)O)c(NS(=O)(=O)CCCC(F)(F)F)c1. The molecule has 0 saturated carbocycles. The fourth-order valence-corrected chi connectivity index (χ4v) is 2.64. The van der Waals surface area contributed by atoms with E-state index in [0.717, 1.165) is 12.1 Å². The van der Waals surface area contributed by atoms with Crippen molar-refractivity contribution < 1.29 is 31.5 Å². The van der Waals surface area contributed by atoms with Gasteiger partial charge < -0.3 is 10.8 Å². The zero-order valence-electron chi connectivity index (χ0n) is 10.6. The first kappa shape index (κ1) is 17.1. The Morgan fingerprint density at radius 1 is 1.33 bits per heavy atom. The lowest BCUT2D eigenvalue weighted by molar-refractivity contribution is -0.134. The van der Waals surface area contributed by atoms with Gasteiger partial charge >= 0.3 is 12.1 Å². The molecule has 0 saturated heterocycles. The topological polar surface area (TPSA) is 109 Å². The Bertz CT molecular complexity index is 629. The number of nitrogens with one attached hydrogen (secondary N) is 1. The summed E-state index contributed by atoms with van der Waals surface area (Å²) < 4.78 is 61.2. The van der Waals surface area contributed by atoms with Crippen molar-refractivity contribution in [3.05, 3.63) is 23.8 Å². The smallest absolute Gasteiger partial charge is 0.389 e. The van der Waals surface area contributed by atoms with E-state index >= 15 is 0 Å². The lowest BCUT2D eigenvalue weighted by atomic mass is 10.1. The molecule has 0 unspecified atom stereocenters. The lowest BCUT2D eigenvalue weighted by Gasteiger charge is -2.11. The van der Waals surface area contributed by atoms with Crippen LogP contribution in [0.15, 0.2) is 18.2 Å². The number of sulfonamides is 1. The monoisotopic (exact) mass is 326 g/mol. The van der Waals surface area contributed by atoms with E-state index in [0.29, 0.717) is 0 Å². The summed E-state index contributed by atoms with van der Waals surface area (Å²) in [5.74, 6) is -2.16. The van der Waals surface area contributed by atoms with E-state index < -0.39 is 40.8 Å². The van der Waals surface area contributed by atoms with Crippen molar-refractivity contribution in [2.24, 2.45) is 0 Å². The van der Waals surface area contributed by atoms with Gasteiger partial charge in [-0.2, -0.15) is 13.2 Å². The Kier molecular flexibility index (Phi) is 5.05. The van der Waals surface area contributed by atoms with Crippen LogP contribution in [0.2, 0.25) is 0 Å². The molecule has 0 aliphatic heterocycles. The normalized spacial score (nSPS) is 12.1. The van der Waals surface area contributed by atoms with Crippen LogP contribution in [0.4, 0.5) is 24.5 Å². The highest BCUT2D eigenvalue weighted by molar-refractivity contribution is 7.92. The van der Waals surface area contributed by atoms with Crippen LogP contribution in [-0.4, -0.2) is 31.4 Å². The van der Waals surface area contributed by atoms with Gasteiger partial charge in [0.2, 0.25) is 10.0 Å². The molecule has 0 radical (unpaired) electrons. The standard InChI is InChI=1S/C11H13F3N2O4S/c12-11(13,14)4-1-5-21(19,20)16-9-6-7(15)2-3-8(9)10(17)18/h2-3,6,16H,1,4-5,15H2,(H,17,18). The Morgan fingerprint density at radius 3 is 2.48 bits per heavy atom. The van der Waals surface area contributed by atoms with Crippen LogP contribution in [0.5, 0.6) is 0 Å². The number of halogens is 3. The predicted molar refractivity (Wildman–Crippen MR) is 70.5 cm³/mol. The van der Waals surface area contributed by atoms with Crippen molar-refractivity contribution in [3.63, 3.8) is 0 Å². The van der Waals surface area contributed by atoms with Gasteiger partial charge in [0.05, 0.1) is 17.0 Å². The molecule has 6 nitrogen and oxygen atoms in total. The number of nitrogen functional groups attached to an aromatic ring is 1. The Balaban J connectivity index is 2.84. The third-order valence-electron chi connectivity index (χ3n) is 2.41. The van der Waals surface area contributed by atoms with Crippen molar-refractivity contribution in [2.45, 2.75) is 19.0 Å². The molecule has 0 aliphatic carbocycles. The Morgan fingerprint density at radius 2 is 1.95 bits per heavy atom. The molecule has 10 heteroatoms. The molecule has 1 aromatic rings. The minimum absolute atomic E-state index is 0.119. The summed E-state index contributed by atoms with van der Waals surface area (Å²) in [6.07, 6.45) is -6.31. The van der Waals surface area contributed by atoms with Gasteiger partial charge in [0, 0.05) is 12.1 Å². The first-order chi connectivity index (χ1) is 9.50. The third kappa shape index (κ3) is 5.90. The van der Waals surface area contributed by atoms with Crippen LogP contribution in [0, 0.1) is 0 Å². The van der Waals surface area contributed by atoms with E-state index in [2.05, 4.69) is 0 Å². The Hall–Kier alpha value is -1.97. The number of rotatable bonds is 6. The third-order valence-corrected chi connectivity index (χ3v) is 3.77. The fourth-order valence-electron chi connectivity index (χ4n) is 1.51. The van der Waals surface area contributed by atoms with Crippen LogP contribution < -0.4 is 10.5 Å². The molecular weight excluding hydrogens is 313 g/mol. The molecule has 1 rings (SSSR count). The van der Waals surface area contributed by atoms with Crippen LogP contribution in [0.3, 0.4) is 0 Å². The van der Waals surface area contributed by atoms with Gasteiger partial charge in [-0.3, -0.25) is 4.72 Å². The molecule has 0 fully saturated rings. The van der Waals surface area contributed by atoms with Crippen molar-refractivity contribution in [2.75, 3.05) is 16.2 Å². The molecule has 21 heavy (non-hydrogen) atoms. The van der Waals surface area contributed by atoms with Crippen molar-refractivity contribution in [1.29, 1.82) is 0 Å². The number of anilines is 2. The minimum Gasteiger partial charge on any atom is -0.478 e. The highest BCUT2D eigenvalue weighted by Crippen LogP contribution is 2.23. The maximum Gasteiger partial charge on any atom is 0.389 e. The number of benzene rings is 1. The largest absolute Gasteiger partial charge is 0.478 e. The van der Waals surface area contributed by atoms with E-state index in [9.17, 15) is 26.4 Å². The molecule has 1 aromatic carbocycles. The molecule has 4 N–H and O–H groups in total. The molecule has 0 aromatic heterocycles. The minimum atomic E-state index is -4.45. The van der Waals surface area contributed by atoms with Crippen molar-refractivity contribution >= 4 is 27.4 Å². The van der Waals surface area contributed by atoms with Crippen LogP contribution >= 0.6 is 0 Å². The quantitative estimate of drug-likeness (QED) is 0.693. The molecule has 0 aliphatic rings. The number of hydrogen-bond acceptors (Lipinski definition) is 4. The van der Waals surface area contributed by atoms with Crippen molar-refractivity contribution in [3.8, 4) is 0 Å². The summed E-state index contributed by atoms with van der Waals surface area (Å²) in [4.78, 5) is 10.9. The van der Waals surface area contributed by atoms with E-state index in [4.69, 9.17) is 10.8 Å². The number of hydrogen-bond donors (Lipinski definition) is 3. The lowest BCUT2D eigenvalue weighted by Crippen LogP contribution is -2.20. The van der Waals surface area contributed by atoms with Crippen LogP contribution in [0.1, 0.15) is 23.2 Å². The van der Waals surface area contributed by atoms with Gasteiger partial charge in [-0.15, -0.1) is 0 Å². The highest BCUT2D eigenvalue weighted by atomic mass is 32.2. The molecule has 118 valence electrons. The van der Waals surface area contributed by atoms with E-state index in [-0.39, 0.29) is 16.9 Å². The number of carbonyl (C=O) groups is 1. The summed E-state index contributed by atoms with van der Waals surface area (Å²) in [5, 5.41) is 8.91. The summed E-state index contributed by atoms with van der Waals surface area (Å²) >= 11 is 0. The number of nitrogens with two attached hydrogens (primary N) is 1.